The first kappa shape index (κ1) is 14.9. The molecule has 0 amide bonds. The van der Waals surface area contributed by atoms with Crippen LogP contribution in [0.3, 0.4) is 0 Å². The van der Waals surface area contributed by atoms with Gasteiger partial charge in [0.25, 0.3) is 0 Å². The van der Waals surface area contributed by atoms with E-state index in [2.05, 4.69) is 19.9 Å². The summed E-state index contributed by atoms with van der Waals surface area (Å²) in [5, 5.41) is 0. The second kappa shape index (κ2) is 7.32. The van der Waals surface area contributed by atoms with E-state index in [9.17, 15) is 0 Å². The summed E-state index contributed by atoms with van der Waals surface area (Å²) in [6, 6.07) is 5.91. The molecule has 0 aliphatic carbocycles. The molecule has 1 rings (SSSR count). The third kappa shape index (κ3) is 3.95. The Hall–Kier alpha value is -1.15. The largest absolute Gasteiger partial charge is 0.493 e. The number of halogens is 1. The van der Waals surface area contributed by atoms with Crippen molar-refractivity contribution in [2.24, 2.45) is 5.92 Å². The Morgan fingerprint density at radius 2 is 2.06 bits per heavy atom. The summed E-state index contributed by atoms with van der Waals surface area (Å²) < 4.78 is 10.8. The molecular weight excluding hydrogens is 248 g/mol. The van der Waals surface area contributed by atoms with Gasteiger partial charge in [0.1, 0.15) is 0 Å². The molecule has 0 fully saturated rings. The maximum Gasteiger partial charge on any atom is 0.161 e. The summed E-state index contributed by atoms with van der Waals surface area (Å²) in [6.45, 7) is 6.86. The smallest absolute Gasteiger partial charge is 0.161 e. The molecule has 0 aliphatic rings. The van der Waals surface area contributed by atoms with Crippen LogP contribution in [0.1, 0.15) is 26.3 Å². The van der Waals surface area contributed by atoms with E-state index in [1.165, 1.54) is 5.57 Å². The number of alkyl halides is 1. The van der Waals surface area contributed by atoms with Crippen LogP contribution in [-0.2, 0) is 0 Å². The normalized spacial score (nSPS) is 11.8. The predicted octanol–water partition coefficient (Wildman–Crippen LogP) is 4.37. The van der Waals surface area contributed by atoms with E-state index in [-0.39, 0.29) is 0 Å². The maximum absolute atomic E-state index is 5.95. The van der Waals surface area contributed by atoms with Crippen LogP contribution in [0.25, 0.3) is 6.08 Å². The molecule has 0 saturated heterocycles. The van der Waals surface area contributed by atoms with Gasteiger partial charge in [0.2, 0.25) is 0 Å². The van der Waals surface area contributed by atoms with Gasteiger partial charge in [-0.25, -0.2) is 0 Å². The summed E-state index contributed by atoms with van der Waals surface area (Å²) in [6.07, 6.45) is 2.11. The molecule has 0 radical (unpaired) electrons. The van der Waals surface area contributed by atoms with Crippen LogP contribution in [0.2, 0.25) is 0 Å². The Labute approximate surface area is 115 Å². The summed E-state index contributed by atoms with van der Waals surface area (Å²) in [4.78, 5) is 0. The molecule has 100 valence electrons. The highest BCUT2D eigenvalue weighted by Gasteiger charge is 2.06. The third-order valence-corrected chi connectivity index (χ3v) is 3.04. The predicted molar refractivity (Wildman–Crippen MR) is 77.7 cm³/mol. The van der Waals surface area contributed by atoms with Gasteiger partial charge in [0, 0.05) is 5.88 Å². The zero-order chi connectivity index (χ0) is 13.5. The average molecular weight is 269 g/mol. The number of methoxy groups -OCH3 is 1. The summed E-state index contributed by atoms with van der Waals surface area (Å²) in [7, 11) is 1.64. The highest BCUT2D eigenvalue weighted by Crippen LogP contribution is 2.29. The van der Waals surface area contributed by atoms with Crippen LogP contribution in [0.5, 0.6) is 11.5 Å². The van der Waals surface area contributed by atoms with Crippen LogP contribution in [-0.4, -0.2) is 19.6 Å². The molecule has 0 N–H and O–H groups in total. The van der Waals surface area contributed by atoms with Gasteiger partial charge in [-0.2, -0.15) is 0 Å². The summed E-state index contributed by atoms with van der Waals surface area (Å²) in [5.74, 6) is 2.52. The van der Waals surface area contributed by atoms with Crippen molar-refractivity contribution in [3.8, 4) is 11.5 Å². The van der Waals surface area contributed by atoms with Gasteiger partial charge in [-0.05, 0) is 30.5 Å². The van der Waals surface area contributed by atoms with Gasteiger partial charge in [0.15, 0.2) is 11.5 Å². The molecule has 0 saturated carbocycles. The Morgan fingerprint density at radius 1 is 1.33 bits per heavy atom. The van der Waals surface area contributed by atoms with E-state index in [4.69, 9.17) is 21.1 Å². The number of hydrogen-bond donors (Lipinski definition) is 0. The SMILES string of the molecule is CCOc1cc(C=C(CCl)C(C)C)ccc1OC. The molecule has 1 aromatic rings. The van der Waals surface area contributed by atoms with Crippen molar-refractivity contribution in [2.75, 3.05) is 19.6 Å². The molecule has 0 spiro atoms. The summed E-state index contributed by atoms with van der Waals surface area (Å²) in [5.41, 5.74) is 2.30. The molecule has 0 heterocycles. The van der Waals surface area contributed by atoms with Crippen LogP contribution >= 0.6 is 11.6 Å². The van der Waals surface area contributed by atoms with Gasteiger partial charge < -0.3 is 9.47 Å². The molecule has 2 nitrogen and oxygen atoms in total. The van der Waals surface area contributed by atoms with E-state index in [0.717, 1.165) is 17.1 Å². The molecule has 0 aromatic heterocycles. The van der Waals surface area contributed by atoms with Crippen molar-refractivity contribution < 1.29 is 9.47 Å². The van der Waals surface area contributed by atoms with Crippen LogP contribution < -0.4 is 9.47 Å². The van der Waals surface area contributed by atoms with Crippen LogP contribution in [0.15, 0.2) is 23.8 Å². The Balaban J connectivity index is 3.07. The maximum atomic E-state index is 5.95. The quantitative estimate of drug-likeness (QED) is 0.713. The topological polar surface area (TPSA) is 18.5 Å². The Bertz CT molecular complexity index is 411. The van der Waals surface area contributed by atoms with E-state index in [1.807, 2.05) is 25.1 Å². The first-order chi connectivity index (χ1) is 8.62. The molecule has 0 unspecified atom stereocenters. The molecule has 0 atom stereocenters. The fourth-order valence-electron chi connectivity index (χ4n) is 1.62. The van der Waals surface area contributed by atoms with Crippen LogP contribution in [0.4, 0.5) is 0 Å². The van der Waals surface area contributed by atoms with E-state index >= 15 is 0 Å². The number of benzene rings is 1. The van der Waals surface area contributed by atoms with E-state index < -0.39 is 0 Å². The fourth-order valence-corrected chi connectivity index (χ4v) is 2.01. The van der Waals surface area contributed by atoms with Gasteiger partial charge in [-0.15, -0.1) is 11.6 Å². The Morgan fingerprint density at radius 3 is 2.56 bits per heavy atom. The van der Waals surface area contributed by atoms with Crippen molar-refractivity contribution in [1.29, 1.82) is 0 Å². The van der Waals surface area contributed by atoms with Crippen molar-refractivity contribution in [1.82, 2.24) is 0 Å². The van der Waals surface area contributed by atoms with Crippen molar-refractivity contribution in [3.05, 3.63) is 29.3 Å². The van der Waals surface area contributed by atoms with Gasteiger partial charge in [-0.1, -0.05) is 31.6 Å². The van der Waals surface area contributed by atoms with Crippen molar-refractivity contribution >= 4 is 17.7 Å². The average Bonchev–Trinajstić information content (AvgIpc) is 2.36. The second-order valence-electron chi connectivity index (χ2n) is 4.35. The lowest BCUT2D eigenvalue weighted by Gasteiger charge is -2.11. The van der Waals surface area contributed by atoms with E-state index in [1.54, 1.807) is 7.11 Å². The number of rotatable bonds is 6. The first-order valence-electron chi connectivity index (χ1n) is 6.19. The monoisotopic (exact) mass is 268 g/mol. The molecule has 0 aliphatic heterocycles. The highest BCUT2D eigenvalue weighted by molar-refractivity contribution is 6.19. The molecule has 1 aromatic carbocycles. The number of hydrogen-bond acceptors (Lipinski definition) is 2. The summed E-state index contributed by atoms with van der Waals surface area (Å²) >= 11 is 5.95. The second-order valence-corrected chi connectivity index (χ2v) is 4.62. The van der Waals surface area contributed by atoms with Gasteiger partial charge in [-0.3, -0.25) is 0 Å². The van der Waals surface area contributed by atoms with Gasteiger partial charge in [0.05, 0.1) is 13.7 Å². The third-order valence-electron chi connectivity index (χ3n) is 2.74. The zero-order valence-electron chi connectivity index (χ0n) is 11.5. The first-order valence-corrected chi connectivity index (χ1v) is 6.73. The number of ether oxygens (including phenoxy) is 2. The highest BCUT2D eigenvalue weighted by atomic mass is 35.5. The zero-order valence-corrected chi connectivity index (χ0v) is 12.3. The minimum absolute atomic E-state index is 0.445. The van der Waals surface area contributed by atoms with Crippen molar-refractivity contribution in [3.63, 3.8) is 0 Å². The molecule has 0 bridgehead atoms. The lowest BCUT2D eigenvalue weighted by Crippen LogP contribution is -1.97. The lowest BCUT2D eigenvalue weighted by molar-refractivity contribution is 0.311. The molecule has 18 heavy (non-hydrogen) atoms. The number of allylic oxidation sites excluding steroid dienone is 1. The van der Waals surface area contributed by atoms with Crippen molar-refractivity contribution in [2.45, 2.75) is 20.8 Å². The molecule has 3 heteroatoms. The van der Waals surface area contributed by atoms with Gasteiger partial charge >= 0.3 is 0 Å². The lowest BCUT2D eigenvalue weighted by atomic mass is 10.0. The molecular formula is C15H21ClO2. The standard InChI is InChI=1S/C15H21ClO2/c1-5-18-15-9-12(6-7-14(15)17-4)8-13(10-16)11(2)3/h6-9,11H,5,10H2,1-4H3. The minimum atomic E-state index is 0.445. The van der Waals surface area contributed by atoms with E-state index in [0.29, 0.717) is 18.4 Å². The Kier molecular flexibility index (Phi) is 6.06. The van der Waals surface area contributed by atoms with Crippen LogP contribution in [0, 0.1) is 5.92 Å². The minimum Gasteiger partial charge on any atom is -0.493 e. The fraction of sp³-hybridized carbons (Fsp3) is 0.467.